The van der Waals surface area contributed by atoms with Crippen LogP contribution in [0.2, 0.25) is 16.6 Å². The molecule has 0 saturated carbocycles. The predicted molar refractivity (Wildman–Crippen MR) is 373 cm³/mol. The minimum atomic E-state index is -2.58. The molecule has 5 aromatic carbocycles. The quantitative estimate of drug-likeness (QED) is 0.0345. The molecule has 3 aliphatic rings. The largest absolute Gasteiger partial charge is 0.543 e. The first-order valence-corrected chi connectivity index (χ1v) is 35.9. The number of ether oxygens (including phenoxy) is 1. The van der Waals surface area contributed by atoms with Gasteiger partial charge in [-0.3, -0.25) is 38.9 Å². The summed E-state index contributed by atoms with van der Waals surface area (Å²) in [7, 11) is 0.653. The van der Waals surface area contributed by atoms with Crippen LogP contribution in [0.4, 0.5) is 0 Å². The molecule has 2 saturated heterocycles. The molecule has 3 aliphatic heterocycles. The van der Waals surface area contributed by atoms with Crippen molar-refractivity contribution in [2.45, 2.75) is 174 Å². The molecular formula is C77H98N8O7Si. The number of esters is 1. The predicted octanol–water partition coefficient (Wildman–Crippen LogP) is 13.3. The van der Waals surface area contributed by atoms with Crippen molar-refractivity contribution in [2.75, 3.05) is 40.3 Å². The molecule has 93 heavy (non-hydrogen) atoms. The summed E-state index contributed by atoms with van der Waals surface area (Å²) in [5.41, 5.74) is 13.7. The molecule has 0 spiro atoms. The highest BCUT2D eigenvalue weighted by Gasteiger charge is 2.57. The van der Waals surface area contributed by atoms with Gasteiger partial charge in [-0.1, -0.05) is 186 Å². The molecule has 2 fully saturated rings. The zero-order chi connectivity index (χ0) is 66.8. The molecule has 7 aromatic rings. The molecular weight excluding hydrogens is 1180 g/mol. The lowest BCUT2D eigenvalue weighted by Crippen LogP contribution is -2.62. The molecule has 2 aromatic heterocycles. The maximum atomic E-state index is 15.6. The van der Waals surface area contributed by atoms with Crippen molar-refractivity contribution in [1.29, 1.82) is 0 Å². The molecule has 5 heterocycles. The Morgan fingerprint density at radius 1 is 0.785 bits per heavy atom. The molecule has 5 atom stereocenters. The van der Waals surface area contributed by atoms with Gasteiger partial charge in [-0.15, -0.1) is 0 Å². The van der Waals surface area contributed by atoms with Gasteiger partial charge in [-0.25, -0.2) is 5.43 Å². The number of hydrogen-bond donors (Lipinski definition) is 2. The van der Waals surface area contributed by atoms with Crippen LogP contribution in [-0.2, 0) is 53.6 Å². The fraction of sp³-hybridized carbons (Fsp3) is 0.455. The topological polar surface area (TPSA) is 158 Å². The fourth-order valence-corrected chi connectivity index (χ4v) is 20.7. The van der Waals surface area contributed by atoms with Gasteiger partial charge in [-0.2, -0.15) is 0 Å². The molecule has 15 nitrogen and oxygen atoms in total. The van der Waals surface area contributed by atoms with Crippen LogP contribution in [0.3, 0.4) is 0 Å². The fourth-order valence-electron chi connectivity index (χ4n) is 15.4. The van der Waals surface area contributed by atoms with E-state index in [0.717, 1.165) is 66.8 Å². The van der Waals surface area contributed by atoms with Crippen LogP contribution < -0.4 is 15.2 Å². The second-order valence-corrected chi connectivity index (χ2v) is 33.9. The summed E-state index contributed by atoms with van der Waals surface area (Å²) >= 11 is 0. The number of rotatable bonds is 19. The van der Waals surface area contributed by atoms with E-state index in [2.05, 4.69) is 169 Å². The minimum Gasteiger partial charge on any atom is -0.543 e. The monoisotopic (exact) mass is 1270 g/mol. The zero-order valence-corrected chi connectivity index (χ0v) is 58.5. The van der Waals surface area contributed by atoms with Crippen LogP contribution in [-0.4, -0.2) is 132 Å². The summed E-state index contributed by atoms with van der Waals surface area (Å²) in [6, 6.07) is 44.2. The Bertz CT molecular complexity index is 3710. The van der Waals surface area contributed by atoms with Crippen LogP contribution in [0.15, 0.2) is 146 Å². The third-order valence-electron chi connectivity index (χ3n) is 19.8. The maximum absolute atomic E-state index is 15.6. The number of nitrogens with zero attached hydrogens (tertiary/aromatic N) is 6. The number of aromatic nitrogens is 2. The van der Waals surface area contributed by atoms with Gasteiger partial charge in [0.25, 0.3) is 14.2 Å². The molecule has 0 radical (unpaired) electrons. The van der Waals surface area contributed by atoms with E-state index in [1.54, 1.807) is 14.1 Å². The van der Waals surface area contributed by atoms with Gasteiger partial charge in [0, 0.05) is 68.2 Å². The Hall–Kier alpha value is -7.92. The lowest BCUT2D eigenvalue weighted by atomic mass is 9.76. The molecule has 0 aliphatic carbocycles. The lowest BCUT2D eigenvalue weighted by Gasteiger charge is -2.42. The molecule has 16 heteroatoms. The molecule has 492 valence electrons. The average Bonchev–Trinajstić information content (AvgIpc) is 1.58. The van der Waals surface area contributed by atoms with E-state index in [1.807, 2.05) is 86.8 Å². The number of hydrogen-bond acceptors (Lipinski definition) is 10. The number of fused-ring (bicyclic) bond motifs is 6. The summed E-state index contributed by atoms with van der Waals surface area (Å²) in [4.78, 5) is 84.9. The maximum Gasteiger partial charge on any atom is 0.324 e. The van der Waals surface area contributed by atoms with Gasteiger partial charge < -0.3 is 28.8 Å². The first-order valence-electron chi connectivity index (χ1n) is 33.7. The summed E-state index contributed by atoms with van der Waals surface area (Å²) < 4.78 is 16.2. The third kappa shape index (κ3) is 13.6. The van der Waals surface area contributed by atoms with Gasteiger partial charge in [0.2, 0.25) is 17.7 Å². The highest BCUT2D eigenvalue weighted by atomic mass is 28.4. The summed E-state index contributed by atoms with van der Waals surface area (Å²) in [5, 5.41) is 5.74. The van der Waals surface area contributed by atoms with E-state index in [4.69, 9.17) is 14.1 Å². The van der Waals surface area contributed by atoms with Crippen molar-refractivity contribution >= 4 is 48.8 Å². The summed E-state index contributed by atoms with van der Waals surface area (Å²) in [6.45, 7) is 29.4. The van der Waals surface area contributed by atoms with Crippen molar-refractivity contribution in [1.82, 2.24) is 40.0 Å². The SMILES string of the molecule is CCn1c(-c2cccnc2C(C)C)c2c3cc(ccc31)-c1cc(cc(O[Si](C(C)C)(C(C)C)C(C)C)c1)C[C@H](NC(=O)[C@H](C(C)C)N(C)C(=O)CN(C)C(=O)C1CN1C(c1ccccc1)(c1ccccc1)c1ccccc1)C(=O)N1CCC[C@H](N1)C(=O)OCC(C)(C)C2. The van der Waals surface area contributed by atoms with Gasteiger partial charge in [0.05, 0.1) is 30.1 Å². The summed E-state index contributed by atoms with van der Waals surface area (Å²) in [6.07, 6.45) is 3.45. The van der Waals surface area contributed by atoms with Gasteiger partial charge in [0.15, 0.2) is 0 Å². The van der Waals surface area contributed by atoms with E-state index >= 15 is 9.59 Å². The van der Waals surface area contributed by atoms with E-state index in [0.29, 0.717) is 38.1 Å². The number of pyridine rings is 1. The van der Waals surface area contributed by atoms with Crippen LogP contribution in [0.25, 0.3) is 33.3 Å². The standard InChI is InChI=1S/C77H98N8O7Si/c1-16-83-66-37-36-55-44-62(66)63(71(83)61-34-26-38-78-69(61)49(2)3)45-76(12,13)48-91-75(90)64-35-27-39-85(80-64)73(88)65(42-54-40-56(55)43-60(41-54)92-93(51(6)7,52(8)9)53(10)11)79-72(87)70(50(4)5)82(15)68(86)47-81(14)74(89)67-46-84(67)77(57-28-20-17-21-29-57,58-30-22-18-23-31-58)59-32-24-19-25-33-59/h17-26,28-34,36-38,40-41,43-44,49-53,64-65,67,70,80H,16,27,35,39,42,45-48H2,1-15H3,(H,79,87)/t64-,65-,67?,70-,84?/m0/s1. The average molecular weight is 1280 g/mol. The van der Waals surface area contributed by atoms with E-state index in [-0.39, 0.29) is 54.6 Å². The zero-order valence-electron chi connectivity index (χ0n) is 57.5. The third-order valence-corrected chi connectivity index (χ3v) is 25.8. The number of cyclic esters (lactones) is 1. The number of carbonyl (C=O) groups is 5. The number of benzene rings is 5. The van der Waals surface area contributed by atoms with Crippen molar-refractivity contribution < 1.29 is 33.1 Å². The van der Waals surface area contributed by atoms with E-state index < -0.39 is 73.0 Å². The Labute approximate surface area is 552 Å². The number of carbonyl (C=O) groups excluding carboxylic acids is 5. The van der Waals surface area contributed by atoms with Gasteiger partial charge in [-0.05, 0) is 130 Å². The summed E-state index contributed by atoms with van der Waals surface area (Å²) in [5.74, 6) is -1.64. The second kappa shape index (κ2) is 28.0. The van der Waals surface area contributed by atoms with Crippen LogP contribution >= 0.6 is 0 Å². The number of aryl methyl sites for hydroxylation is 1. The smallest absolute Gasteiger partial charge is 0.324 e. The first kappa shape index (κ1) is 68.0. The Morgan fingerprint density at radius 3 is 1.97 bits per heavy atom. The number of hydrazine groups is 1. The number of amides is 4. The number of nitrogens with one attached hydrogen (secondary N) is 2. The van der Waals surface area contributed by atoms with Crippen LogP contribution in [0.5, 0.6) is 5.75 Å². The molecule has 2 N–H and O–H groups in total. The highest BCUT2D eigenvalue weighted by molar-refractivity contribution is 6.78. The van der Waals surface area contributed by atoms with Crippen molar-refractivity contribution in [2.24, 2.45) is 11.3 Å². The molecule has 6 bridgehead atoms. The number of likely N-dealkylation sites (N-methyl/N-ethyl adjacent to an activating group) is 2. The van der Waals surface area contributed by atoms with Crippen molar-refractivity contribution in [3.63, 3.8) is 0 Å². The Kier molecular flexibility index (Phi) is 20.4. The lowest BCUT2D eigenvalue weighted by molar-refractivity contribution is -0.155. The Balaban J connectivity index is 1.02. The van der Waals surface area contributed by atoms with Gasteiger partial charge in [0.1, 0.15) is 29.9 Å². The Morgan fingerprint density at radius 2 is 1.40 bits per heavy atom. The van der Waals surface area contributed by atoms with E-state index in [9.17, 15) is 14.4 Å². The second-order valence-electron chi connectivity index (χ2n) is 28.6. The minimum absolute atomic E-state index is 0.0483. The van der Waals surface area contributed by atoms with E-state index in [1.165, 1.54) is 14.8 Å². The molecule has 2 unspecified atom stereocenters. The highest BCUT2D eigenvalue weighted by Crippen LogP contribution is 2.50. The van der Waals surface area contributed by atoms with Crippen LogP contribution in [0.1, 0.15) is 142 Å². The van der Waals surface area contributed by atoms with Crippen molar-refractivity contribution in [3.05, 3.63) is 179 Å². The molecule has 4 amide bonds. The normalized spacial score (nSPS) is 19.0. The molecule has 10 rings (SSSR count). The van der Waals surface area contributed by atoms with Gasteiger partial charge >= 0.3 is 5.97 Å². The van der Waals surface area contributed by atoms with Crippen LogP contribution in [0, 0.1) is 11.3 Å². The van der Waals surface area contributed by atoms with Crippen molar-refractivity contribution in [3.8, 4) is 28.1 Å². The first-order chi connectivity index (χ1) is 44.3.